The van der Waals surface area contributed by atoms with Crippen LogP contribution in [-0.2, 0) is 0 Å². The molecule has 1 aromatic heterocycles. The van der Waals surface area contributed by atoms with Crippen molar-refractivity contribution < 1.29 is 0 Å². The number of halogens is 2. The van der Waals surface area contributed by atoms with E-state index in [2.05, 4.69) is 24.1 Å². The van der Waals surface area contributed by atoms with Crippen molar-refractivity contribution >= 4 is 28.9 Å². The third-order valence-electron chi connectivity index (χ3n) is 3.61. The normalized spacial score (nSPS) is 23.6. The monoisotopic (exact) mass is 272 g/mol. The molecule has 2 nitrogen and oxygen atoms in total. The molecular weight excluding hydrogens is 255 g/mol. The van der Waals surface area contributed by atoms with Crippen molar-refractivity contribution in [3.05, 3.63) is 21.9 Å². The zero-order chi connectivity index (χ0) is 12.6. The highest BCUT2D eigenvalue weighted by Crippen LogP contribution is 2.37. The van der Waals surface area contributed by atoms with Crippen molar-refractivity contribution in [2.45, 2.75) is 39.7 Å². The average molecular weight is 273 g/mol. The van der Waals surface area contributed by atoms with Crippen LogP contribution in [0.1, 0.15) is 32.3 Å². The first kappa shape index (κ1) is 13.0. The van der Waals surface area contributed by atoms with E-state index in [0.29, 0.717) is 16.3 Å². The largest absolute Gasteiger partial charge is 0.380 e. The van der Waals surface area contributed by atoms with Crippen molar-refractivity contribution in [1.29, 1.82) is 0 Å². The summed E-state index contributed by atoms with van der Waals surface area (Å²) in [5.74, 6) is 1.61. The predicted molar refractivity (Wildman–Crippen MR) is 74.0 cm³/mol. The molecule has 1 fully saturated rings. The van der Waals surface area contributed by atoms with Gasteiger partial charge in [-0.15, -0.1) is 0 Å². The van der Waals surface area contributed by atoms with Crippen LogP contribution in [0.2, 0.25) is 10.3 Å². The smallest absolute Gasteiger partial charge is 0.154 e. The molecular formula is C13H18Cl2N2. The standard InChI is InChI=1S/C13H18Cl2N2/c1-7(2)9-5-10(6-9)16-12-8(3)4-11(14)17-13(12)15/h4,7,9-10,16H,5-6H2,1-3H3. The molecule has 1 heterocycles. The van der Waals surface area contributed by atoms with Gasteiger partial charge in [0.2, 0.25) is 0 Å². The highest BCUT2D eigenvalue weighted by molar-refractivity contribution is 6.34. The molecule has 0 aliphatic heterocycles. The van der Waals surface area contributed by atoms with Gasteiger partial charge in [0.1, 0.15) is 5.15 Å². The predicted octanol–water partition coefficient (Wildman–Crippen LogP) is 4.54. The van der Waals surface area contributed by atoms with Gasteiger partial charge in [0.25, 0.3) is 0 Å². The van der Waals surface area contributed by atoms with Gasteiger partial charge in [-0.25, -0.2) is 4.98 Å². The summed E-state index contributed by atoms with van der Waals surface area (Å²) >= 11 is 11.9. The minimum Gasteiger partial charge on any atom is -0.380 e. The summed E-state index contributed by atoms with van der Waals surface area (Å²) < 4.78 is 0. The van der Waals surface area contributed by atoms with E-state index in [1.54, 1.807) is 0 Å². The van der Waals surface area contributed by atoms with Crippen LogP contribution in [0.5, 0.6) is 0 Å². The minimum atomic E-state index is 0.451. The molecule has 0 saturated heterocycles. The first-order valence-corrected chi connectivity index (χ1v) is 6.82. The molecule has 1 aliphatic rings. The van der Waals surface area contributed by atoms with E-state index >= 15 is 0 Å². The molecule has 1 aliphatic carbocycles. The highest BCUT2D eigenvalue weighted by Gasteiger charge is 2.31. The van der Waals surface area contributed by atoms with Crippen molar-refractivity contribution in [2.75, 3.05) is 5.32 Å². The maximum Gasteiger partial charge on any atom is 0.154 e. The van der Waals surface area contributed by atoms with Gasteiger partial charge in [0.15, 0.2) is 5.15 Å². The van der Waals surface area contributed by atoms with E-state index in [-0.39, 0.29) is 0 Å². The van der Waals surface area contributed by atoms with Crippen molar-refractivity contribution in [3.8, 4) is 0 Å². The summed E-state index contributed by atoms with van der Waals surface area (Å²) in [6.45, 7) is 6.56. The molecule has 0 aromatic carbocycles. The Labute approximate surface area is 113 Å². The lowest BCUT2D eigenvalue weighted by atomic mass is 9.73. The molecule has 0 unspecified atom stereocenters. The topological polar surface area (TPSA) is 24.9 Å². The van der Waals surface area contributed by atoms with E-state index < -0.39 is 0 Å². The Balaban J connectivity index is 2.01. The Hall–Kier alpha value is -0.470. The summed E-state index contributed by atoms with van der Waals surface area (Å²) in [6.07, 6.45) is 2.44. The number of aromatic nitrogens is 1. The number of rotatable bonds is 3. The summed E-state index contributed by atoms with van der Waals surface area (Å²) in [4.78, 5) is 4.07. The van der Waals surface area contributed by atoms with Crippen molar-refractivity contribution in [2.24, 2.45) is 11.8 Å². The molecule has 0 amide bonds. The Morgan fingerprint density at radius 1 is 1.35 bits per heavy atom. The van der Waals surface area contributed by atoms with Crippen LogP contribution >= 0.6 is 23.2 Å². The van der Waals surface area contributed by atoms with E-state index in [9.17, 15) is 0 Å². The zero-order valence-electron chi connectivity index (χ0n) is 10.4. The molecule has 1 N–H and O–H groups in total. The lowest BCUT2D eigenvalue weighted by Crippen LogP contribution is -2.38. The van der Waals surface area contributed by atoms with Gasteiger partial charge in [0.05, 0.1) is 5.69 Å². The fourth-order valence-electron chi connectivity index (χ4n) is 2.30. The fourth-order valence-corrected chi connectivity index (χ4v) is 2.88. The number of nitrogens with one attached hydrogen (secondary N) is 1. The quantitative estimate of drug-likeness (QED) is 0.817. The second kappa shape index (κ2) is 5.03. The van der Waals surface area contributed by atoms with Crippen LogP contribution in [0.25, 0.3) is 0 Å². The molecule has 1 saturated carbocycles. The highest BCUT2D eigenvalue weighted by atomic mass is 35.5. The maximum absolute atomic E-state index is 6.10. The Morgan fingerprint density at radius 3 is 2.53 bits per heavy atom. The summed E-state index contributed by atoms with van der Waals surface area (Å²) in [6, 6.07) is 2.37. The van der Waals surface area contributed by atoms with Gasteiger partial charge < -0.3 is 5.32 Å². The first-order chi connectivity index (χ1) is 7.97. The number of nitrogens with zero attached hydrogens (tertiary/aromatic N) is 1. The van der Waals surface area contributed by atoms with Crippen molar-refractivity contribution in [3.63, 3.8) is 0 Å². The van der Waals surface area contributed by atoms with Crippen LogP contribution < -0.4 is 5.32 Å². The van der Waals surface area contributed by atoms with Gasteiger partial charge in [-0.2, -0.15) is 0 Å². The second-order valence-corrected chi connectivity index (χ2v) is 5.99. The van der Waals surface area contributed by atoms with Crippen LogP contribution in [0.4, 0.5) is 5.69 Å². The number of pyridine rings is 1. The maximum atomic E-state index is 6.10. The molecule has 17 heavy (non-hydrogen) atoms. The first-order valence-electron chi connectivity index (χ1n) is 6.06. The lowest BCUT2D eigenvalue weighted by Gasteiger charge is -2.39. The Morgan fingerprint density at radius 2 is 2.00 bits per heavy atom. The lowest BCUT2D eigenvalue weighted by molar-refractivity contribution is 0.212. The van der Waals surface area contributed by atoms with E-state index in [0.717, 1.165) is 23.1 Å². The van der Waals surface area contributed by atoms with E-state index in [1.807, 2.05) is 13.0 Å². The number of aryl methyl sites for hydroxylation is 1. The third kappa shape index (κ3) is 2.86. The van der Waals surface area contributed by atoms with Crippen LogP contribution in [0.3, 0.4) is 0 Å². The second-order valence-electron chi connectivity index (χ2n) is 5.24. The fraction of sp³-hybridized carbons (Fsp3) is 0.615. The van der Waals surface area contributed by atoms with Crippen LogP contribution in [-0.4, -0.2) is 11.0 Å². The number of anilines is 1. The average Bonchev–Trinajstić information content (AvgIpc) is 2.12. The molecule has 0 atom stereocenters. The number of hydrogen-bond acceptors (Lipinski definition) is 2. The molecule has 4 heteroatoms. The Bertz CT molecular complexity index is 389. The zero-order valence-corrected chi connectivity index (χ0v) is 11.9. The van der Waals surface area contributed by atoms with Gasteiger partial charge in [0, 0.05) is 6.04 Å². The van der Waals surface area contributed by atoms with E-state index in [1.165, 1.54) is 12.8 Å². The van der Waals surface area contributed by atoms with Gasteiger partial charge in [-0.3, -0.25) is 0 Å². The third-order valence-corrected chi connectivity index (χ3v) is 4.07. The van der Waals surface area contributed by atoms with Crippen LogP contribution in [0, 0.1) is 18.8 Å². The van der Waals surface area contributed by atoms with Crippen molar-refractivity contribution in [1.82, 2.24) is 4.98 Å². The van der Waals surface area contributed by atoms with Crippen LogP contribution in [0.15, 0.2) is 6.07 Å². The SMILES string of the molecule is Cc1cc(Cl)nc(Cl)c1NC1CC(C(C)C)C1. The molecule has 0 bridgehead atoms. The molecule has 1 aromatic rings. The number of hydrogen-bond donors (Lipinski definition) is 1. The van der Waals surface area contributed by atoms with E-state index in [4.69, 9.17) is 23.2 Å². The summed E-state index contributed by atoms with van der Waals surface area (Å²) in [5, 5.41) is 4.40. The molecule has 0 radical (unpaired) electrons. The summed E-state index contributed by atoms with van der Waals surface area (Å²) in [5.41, 5.74) is 1.99. The van der Waals surface area contributed by atoms with Gasteiger partial charge in [-0.1, -0.05) is 37.0 Å². The molecule has 0 spiro atoms. The minimum absolute atomic E-state index is 0.451. The molecule has 94 valence electrons. The van der Waals surface area contributed by atoms with Gasteiger partial charge >= 0.3 is 0 Å². The Kier molecular flexibility index (Phi) is 3.84. The van der Waals surface area contributed by atoms with Gasteiger partial charge in [-0.05, 0) is 43.2 Å². The summed E-state index contributed by atoms with van der Waals surface area (Å²) in [7, 11) is 0. The molecule has 2 rings (SSSR count).